The van der Waals surface area contributed by atoms with Crippen molar-refractivity contribution < 1.29 is 19.4 Å². The molecular formula is C15H15I2NO4. The lowest BCUT2D eigenvalue weighted by Crippen LogP contribution is -2.24. The fourth-order valence-corrected chi connectivity index (χ4v) is 3.63. The number of benzene rings is 1. The second-order valence-corrected chi connectivity index (χ2v) is 6.93. The number of hydrogen-bond acceptors (Lipinski definition) is 3. The molecule has 0 saturated carbocycles. The number of aliphatic carboxylic acids is 1. The number of amides is 1. The molecule has 0 aliphatic rings. The predicted molar refractivity (Wildman–Crippen MR) is 102 cm³/mol. The fourth-order valence-electron chi connectivity index (χ4n) is 1.50. The van der Waals surface area contributed by atoms with Crippen molar-refractivity contribution in [3.63, 3.8) is 0 Å². The molecular weight excluding hydrogens is 512 g/mol. The summed E-state index contributed by atoms with van der Waals surface area (Å²) in [6.45, 7) is 7.35. The Morgan fingerprint density at radius 2 is 1.86 bits per heavy atom. The van der Waals surface area contributed by atoms with Gasteiger partial charge in [0.2, 0.25) is 5.91 Å². The maximum atomic E-state index is 11.1. The molecule has 0 saturated heterocycles. The number of carboxylic acid groups (broad SMARTS) is 1. The van der Waals surface area contributed by atoms with Crippen LogP contribution in [-0.2, 0) is 9.59 Å². The molecule has 0 unspecified atom stereocenters. The molecule has 0 aromatic heterocycles. The van der Waals surface area contributed by atoms with Crippen LogP contribution >= 0.6 is 45.2 Å². The van der Waals surface area contributed by atoms with E-state index in [1.807, 2.05) is 6.92 Å². The van der Waals surface area contributed by atoms with Crippen LogP contribution in [-0.4, -0.2) is 23.6 Å². The number of rotatable bonds is 6. The summed E-state index contributed by atoms with van der Waals surface area (Å²) in [6.07, 6.45) is 1.41. The smallest absolute Gasteiger partial charge is 0.352 e. The number of halogens is 2. The van der Waals surface area contributed by atoms with E-state index in [1.54, 1.807) is 12.1 Å². The summed E-state index contributed by atoms with van der Waals surface area (Å²) in [5.74, 6) is -0.889. The lowest BCUT2D eigenvalue weighted by molar-refractivity contribution is -0.134. The number of ether oxygens (including phenoxy) is 1. The average Bonchev–Trinajstić information content (AvgIpc) is 2.35. The highest BCUT2D eigenvalue weighted by molar-refractivity contribution is 14.1. The molecule has 0 bridgehead atoms. The minimum atomic E-state index is -1.19. The van der Waals surface area contributed by atoms with Crippen LogP contribution in [0.5, 0.6) is 5.75 Å². The van der Waals surface area contributed by atoms with Gasteiger partial charge in [0, 0.05) is 6.92 Å². The van der Waals surface area contributed by atoms with E-state index < -0.39 is 11.9 Å². The predicted octanol–water partition coefficient (Wildman–Crippen LogP) is 3.41. The van der Waals surface area contributed by atoms with Crippen molar-refractivity contribution in [3.8, 4) is 5.75 Å². The zero-order valence-corrected chi connectivity index (χ0v) is 16.4. The topological polar surface area (TPSA) is 75.6 Å². The van der Waals surface area contributed by atoms with E-state index in [2.05, 4.69) is 57.1 Å². The van der Waals surface area contributed by atoms with Crippen molar-refractivity contribution in [1.29, 1.82) is 0 Å². The van der Waals surface area contributed by atoms with Crippen molar-refractivity contribution in [1.82, 2.24) is 5.32 Å². The summed E-state index contributed by atoms with van der Waals surface area (Å²) < 4.78 is 7.38. The van der Waals surface area contributed by atoms with Crippen LogP contribution in [0.1, 0.15) is 19.4 Å². The van der Waals surface area contributed by atoms with Crippen molar-refractivity contribution in [2.75, 3.05) is 6.61 Å². The summed E-state index contributed by atoms with van der Waals surface area (Å²) in [5, 5.41) is 11.4. The van der Waals surface area contributed by atoms with Gasteiger partial charge >= 0.3 is 5.97 Å². The molecule has 1 aromatic carbocycles. The molecule has 2 N–H and O–H groups in total. The minimum Gasteiger partial charge on any atom is -0.487 e. The molecule has 1 aromatic rings. The van der Waals surface area contributed by atoms with E-state index in [0.29, 0.717) is 12.2 Å². The lowest BCUT2D eigenvalue weighted by Gasteiger charge is -2.11. The first kappa shape index (κ1) is 18.9. The molecule has 22 heavy (non-hydrogen) atoms. The summed E-state index contributed by atoms with van der Waals surface area (Å²) in [6, 6.07) is 3.59. The quantitative estimate of drug-likeness (QED) is 0.338. The Bertz CT molecular complexity index is 630. The molecule has 1 rings (SSSR count). The third kappa shape index (κ3) is 5.95. The first-order valence-electron chi connectivity index (χ1n) is 6.19. The van der Waals surface area contributed by atoms with E-state index in [9.17, 15) is 9.59 Å². The Morgan fingerprint density at radius 1 is 1.32 bits per heavy atom. The van der Waals surface area contributed by atoms with Crippen LogP contribution in [0.15, 0.2) is 30.0 Å². The summed E-state index contributed by atoms with van der Waals surface area (Å²) >= 11 is 4.25. The minimum absolute atomic E-state index is 0.172. The Kier molecular flexibility index (Phi) is 7.33. The van der Waals surface area contributed by atoms with Crippen LogP contribution in [0.25, 0.3) is 6.08 Å². The summed E-state index contributed by atoms with van der Waals surface area (Å²) in [5.41, 5.74) is 1.41. The molecule has 5 nitrogen and oxygen atoms in total. The monoisotopic (exact) mass is 527 g/mol. The number of nitrogens with one attached hydrogen (secondary N) is 1. The summed E-state index contributed by atoms with van der Waals surface area (Å²) in [4.78, 5) is 22.2. The fraction of sp³-hybridized carbons (Fsp3) is 0.200. The normalized spacial score (nSPS) is 11.0. The largest absolute Gasteiger partial charge is 0.487 e. The number of hydrogen-bond donors (Lipinski definition) is 2. The zero-order chi connectivity index (χ0) is 16.9. The van der Waals surface area contributed by atoms with Gasteiger partial charge in [-0.25, -0.2) is 4.79 Å². The van der Waals surface area contributed by atoms with Crippen LogP contribution in [0.3, 0.4) is 0 Å². The maximum Gasteiger partial charge on any atom is 0.352 e. The van der Waals surface area contributed by atoms with Gasteiger partial charge in [0.25, 0.3) is 0 Å². The molecule has 0 radical (unpaired) electrons. The lowest BCUT2D eigenvalue weighted by atomic mass is 10.2. The average molecular weight is 527 g/mol. The highest BCUT2D eigenvalue weighted by Gasteiger charge is 2.12. The molecule has 0 spiro atoms. The highest BCUT2D eigenvalue weighted by Crippen LogP contribution is 2.30. The molecule has 0 fully saturated rings. The first-order chi connectivity index (χ1) is 10.2. The van der Waals surface area contributed by atoms with Gasteiger partial charge in [-0.1, -0.05) is 6.58 Å². The van der Waals surface area contributed by atoms with Gasteiger partial charge in [-0.3, -0.25) is 4.79 Å². The van der Waals surface area contributed by atoms with Crippen molar-refractivity contribution in [2.24, 2.45) is 0 Å². The van der Waals surface area contributed by atoms with Gasteiger partial charge in [0.05, 0.1) is 7.14 Å². The van der Waals surface area contributed by atoms with Gasteiger partial charge in [0.1, 0.15) is 18.1 Å². The number of carbonyl (C=O) groups excluding carboxylic acids is 1. The van der Waals surface area contributed by atoms with Gasteiger partial charge in [0.15, 0.2) is 0 Å². The van der Waals surface area contributed by atoms with Crippen LogP contribution in [0.2, 0.25) is 0 Å². The van der Waals surface area contributed by atoms with E-state index >= 15 is 0 Å². The standard InChI is InChI=1S/C15H15I2NO4/c1-8(2)7-22-14-11(16)4-10(5-12(14)17)6-13(15(20)21)18-9(3)19/h4-6H,1,7H2,2-3H3,(H,18,19)(H,20,21). The molecule has 1 amide bonds. The maximum absolute atomic E-state index is 11.1. The van der Waals surface area contributed by atoms with Crippen LogP contribution in [0.4, 0.5) is 0 Å². The van der Waals surface area contributed by atoms with E-state index in [-0.39, 0.29) is 5.70 Å². The summed E-state index contributed by atoms with van der Waals surface area (Å²) in [7, 11) is 0. The van der Waals surface area contributed by atoms with E-state index in [4.69, 9.17) is 9.84 Å². The van der Waals surface area contributed by atoms with Crippen molar-refractivity contribution >= 4 is 63.1 Å². The highest BCUT2D eigenvalue weighted by atomic mass is 127. The molecule has 7 heteroatoms. The molecule has 118 valence electrons. The van der Waals surface area contributed by atoms with Crippen molar-refractivity contribution in [2.45, 2.75) is 13.8 Å². The Hall–Kier alpha value is -1.10. The molecule has 0 heterocycles. The van der Waals surface area contributed by atoms with E-state index in [0.717, 1.165) is 18.5 Å². The van der Waals surface area contributed by atoms with Gasteiger partial charge in [-0.2, -0.15) is 0 Å². The number of carboxylic acids is 1. The van der Waals surface area contributed by atoms with Gasteiger partial charge < -0.3 is 15.2 Å². The van der Waals surface area contributed by atoms with Crippen molar-refractivity contribution in [3.05, 3.63) is 42.7 Å². The molecule has 0 atom stereocenters. The second-order valence-electron chi connectivity index (χ2n) is 4.60. The first-order valence-corrected chi connectivity index (χ1v) is 8.35. The van der Waals surface area contributed by atoms with Gasteiger partial charge in [-0.15, -0.1) is 0 Å². The third-order valence-electron chi connectivity index (χ3n) is 2.34. The third-order valence-corrected chi connectivity index (χ3v) is 3.94. The second kappa shape index (κ2) is 8.51. The van der Waals surface area contributed by atoms with Gasteiger partial charge in [-0.05, 0) is 81.5 Å². The molecule has 0 aliphatic heterocycles. The Balaban J connectivity index is 3.14. The van der Waals surface area contributed by atoms with Crippen LogP contribution < -0.4 is 10.1 Å². The van der Waals surface area contributed by atoms with Crippen LogP contribution in [0, 0.1) is 7.14 Å². The Labute approximate surface area is 156 Å². The molecule has 0 aliphatic carbocycles. The Morgan fingerprint density at radius 3 is 2.27 bits per heavy atom. The number of carbonyl (C=O) groups is 2. The van der Waals surface area contributed by atoms with E-state index in [1.165, 1.54) is 13.0 Å². The SMILES string of the molecule is C=C(C)COc1c(I)cc(C=C(NC(C)=O)C(=O)O)cc1I. The zero-order valence-electron chi connectivity index (χ0n) is 12.1.